The van der Waals surface area contributed by atoms with E-state index in [1.807, 2.05) is 18.2 Å². The van der Waals surface area contributed by atoms with Gasteiger partial charge in [0.15, 0.2) is 0 Å². The first-order valence-corrected chi connectivity index (χ1v) is 12.0. The Morgan fingerprint density at radius 2 is 2.04 bits per heavy atom. The maximum atomic E-state index is 11.9. The highest BCUT2D eigenvalue weighted by Crippen LogP contribution is 2.22. The predicted molar refractivity (Wildman–Crippen MR) is 117 cm³/mol. The van der Waals surface area contributed by atoms with Gasteiger partial charge in [0.1, 0.15) is 5.78 Å². The summed E-state index contributed by atoms with van der Waals surface area (Å²) in [6.07, 6.45) is 7.37. The lowest BCUT2D eigenvalue weighted by Crippen LogP contribution is -2.39. The van der Waals surface area contributed by atoms with Crippen molar-refractivity contribution in [3.63, 3.8) is 0 Å². The van der Waals surface area contributed by atoms with Crippen LogP contribution in [0.25, 0.3) is 5.70 Å². The molecule has 0 aliphatic carbocycles. The summed E-state index contributed by atoms with van der Waals surface area (Å²) in [6.45, 7) is 7.13. The molecule has 0 bridgehead atoms. The molecule has 4 heteroatoms. The van der Waals surface area contributed by atoms with E-state index in [9.17, 15) is 4.79 Å². The van der Waals surface area contributed by atoms with Crippen molar-refractivity contribution in [2.45, 2.75) is 43.5 Å². The molecule has 1 heterocycles. The Morgan fingerprint density at radius 1 is 1.36 bits per heavy atom. The van der Waals surface area contributed by atoms with Crippen molar-refractivity contribution in [3.05, 3.63) is 42.0 Å². The zero-order chi connectivity index (χ0) is 18.1. The number of nitrogens with zero attached hydrogens (tertiary/aromatic N) is 1. The molecular weight excluding hydrogens is 423 g/mol. The molecule has 25 heavy (non-hydrogen) atoms. The first-order chi connectivity index (χ1) is 12.1. The van der Waals surface area contributed by atoms with Gasteiger partial charge in [0.05, 0.1) is 10.6 Å². The molecule has 0 aromatic heterocycles. The van der Waals surface area contributed by atoms with Gasteiger partial charge in [-0.15, -0.1) is 20.7 Å². The van der Waals surface area contributed by atoms with Crippen LogP contribution in [0.5, 0.6) is 0 Å². The molecule has 0 saturated carbocycles. The van der Waals surface area contributed by atoms with Gasteiger partial charge >= 0.3 is 0 Å². The Morgan fingerprint density at radius 3 is 2.60 bits per heavy atom. The fourth-order valence-electron chi connectivity index (χ4n) is 3.33. The normalized spacial score (nSPS) is 18.1. The second-order valence-electron chi connectivity index (χ2n) is 6.80. The Labute approximate surface area is 162 Å². The topological polar surface area (TPSA) is 32.3 Å². The second kappa shape index (κ2) is 10.9. The van der Waals surface area contributed by atoms with Crippen LogP contribution in [0.15, 0.2) is 36.4 Å². The minimum Gasteiger partial charge on any atom is -0.372 e. The highest BCUT2D eigenvalue weighted by molar-refractivity contribution is 14.2. The minimum atomic E-state index is -0.391. The van der Waals surface area contributed by atoms with E-state index in [2.05, 4.69) is 39.9 Å². The summed E-state index contributed by atoms with van der Waals surface area (Å²) in [6, 6.07) is 10.3. The van der Waals surface area contributed by atoms with Gasteiger partial charge in [-0.3, -0.25) is 9.69 Å². The average molecular weight is 454 g/mol. The third-order valence-corrected chi connectivity index (χ3v) is 7.04. The van der Waals surface area contributed by atoms with E-state index in [0.29, 0.717) is 0 Å². The number of rotatable bonds is 9. The molecule has 1 aromatic rings. The van der Waals surface area contributed by atoms with Crippen molar-refractivity contribution >= 4 is 36.7 Å². The number of halogens is 1. The molecule has 3 nitrogen and oxygen atoms in total. The summed E-state index contributed by atoms with van der Waals surface area (Å²) in [5.74, 6) is 1.13. The molecule has 2 rings (SSSR count). The standard InChI is InChI=1S/C21H31IN2O/c1-4-8-18-11-13-24(14-12-18)16-23-21(15-20(22-3)17(2)25)19-9-6-5-7-10-19/h5-7,9-10,15,18,20,23H,3-4,8,11-14,16H2,1-2H3/b21-15-. The van der Waals surface area contributed by atoms with Crippen molar-refractivity contribution in [2.24, 2.45) is 5.92 Å². The number of ketones is 1. The average Bonchev–Trinajstić information content (AvgIpc) is 2.64. The molecule has 1 N–H and O–H groups in total. The van der Waals surface area contributed by atoms with E-state index in [0.717, 1.165) is 36.9 Å². The van der Waals surface area contributed by atoms with Gasteiger partial charge in [0.25, 0.3) is 0 Å². The minimum absolute atomic E-state index is 0.0169. The van der Waals surface area contributed by atoms with Crippen LogP contribution >= 0.6 is 20.7 Å². The van der Waals surface area contributed by atoms with Crippen molar-refractivity contribution in [1.29, 1.82) is 0 Å². The number of likely N-dealkylation sites (tertiary alicyclic amines) is 1. The van der Waals surface area contributed by atoms with Gasteiger partial charge in [0.2, 0.25) is 0 Å². The number of piperidine rings is 1. The molecule has 138 valence electrons. The number of hydrogen-bond acceptors (Lipinski definition) is 3. The van der Waals surface area contributed by atoms with E-state index >= 15 is 0 Å². The number of alkyl halides is 1. The van der Waals surface area contributed by atoms with Crippen molar-refractivity contribution < 1.29 is 4.79 Å². The first kappa shape index (κ1) is 20.3. The maximum Gasteiger partial charge on any atom is 0.146 e. The van der Waals surface area contributed by atoms with Crippen LogP contribution in [0, 0.1) is 5.92 Å². The molecule has 1 fully saturated rings. The second-order valence-corrected chi connectivity index (χ2v) is 9.02. The molecule has 1 aliphatic heterocycles. The van der Waals surface area contributed by atoms with E-state index in [1.165, 1.54) is 25.7 Å². The van der Waals surface area contributed by atoms with E-state index < -0.39 is 20.7 Å². The van der Waals surface area contributed by atoms with Crippen molar-refractivity contribution in [2.75, 3.05) is 19.8 Å². The summed E-state index contributed by atoms with van der Waals surface area (Å²) in [5, 5.41) is 3.60. The number of carbonyl (C=O) groups is 1. The Balaban J connectivity index is 2.01. The maximum absolute atomic E-state index is 11.9. The number of carbonyl (C=O) groups excluding carboxylic acids is 1. The number of nitrogens with one attached hydrogen (secondary N) is 1. The molecule has 0 spiro atoms. The number of Topliss-reactive ketones (excluding diaryl/α,β-unsaturated/α-hetero) is 1. The van der Waals surface area contributed by atoms with Crippen LogP contribution in [0.1, 0.15) is 45.1 Å². The summed E-state index contributed by atoms with van der Waals surface area (Å²) in [5.41, 5.74) is 2.21. The molecule has 1 aliphatic rings. The van der Waals surface area contributed by atoms with Gasteiger partial charge < -0.3 is 5.32 Å². The van der Waals surface area contributed by atoms with Gasteiger partial charge in [-0.25, -0.2) is 0 Å². The van der Waals surface area contributed by atoms with Crippen LogP contribution in [-0.4, -0.2) is 38.9 Å². The zero-order valence-corrected chi connectivity index (χ0v) is 17.7. The molecule has 1 saturated heterocycles. The van der Waals surface area contributed by atoms with Crippen molar-refractivity contribution in [1.82, 2.24) is 10.2 Å². The molecule has 1 unspecified atom stereocenters. The Bertz CT molecular complexity index is 577. The SMILES string of the molecule is C=IC(/C=C(\NCN1CCC(CCC)CC1)c1ccccc1)C(C)=O. The van der Waals surface area contributed by atoms with Crippen LogP contribution < -0.4 is 5.32 Å². The molecular formula is C21H31IN2O. The predicted octanol–water partition coefficient (Wildman–Crippen LogP) is 4.45. The monoisotopic (exact) mass is 454 g/mol. The fraction of sp³-hybridized carbons (Fsp3) is 0.524. The lowest BCUT2D eigenvalue weighted by atomic mass is 9.93. The third-order valence-electron chi connectivity index (χ3n) is 4.85. The highest BCUT2D eigenvalue weighted by Gasteiger charge is 2.18. The number of benzene rings is 1. The van der Waals surface area contributed by atoms with E-state index in [1.54, 1.807) is 6.92 Å². The quantitative estimate of drug-likeness (QED) is 0.442. The number of hydrogen-bond donors (Lipinski definition) is 1. The van der Waals surface area contributed by atoms with E-state index in [4.69, 9.17) is 0 Å². The van der Waals surface area contributed by atoms with Crippen molar-refractivity contribution in [3.8, 4) is 0 Å². The first-order valence-electron chi connectivity index (χ1n) is 9.25. The molecule has 0 amide bonds. The third kappa shape index (κ3) is 6.66. The number of allylic oxidation sites excluding steroid dienone is 1. The Kier molecular flexibility index (Phi) is 8.82. The molecule has 1 atom stereocenters. The van der Waals surface area contributed by atoms with Gasteiger partial charge in [0, 0.05) is 18.8 Å². The van der Waals surface area contributed by atoms with Crippen LogP contribution in [-0.2, 0) is 4.79 Å². The zero-order valence-electron chi connectivity index (χ0n) is 15.5. The summed E-state index contributed by atoms with van der Waals surface area (Å²) in [7, 11) is 0. The Hall–Kier alpha value is -1.01. The lowest BCUT2D eigenvalue weighted by molar-refractivity contribution is -0.115. The van der Waals surface area contributed by atoms with Crippen LogP contribution in [0.4, 0.5) is 0 Å². The fourth-order valence-corrected chi connectivity index (χ4v) is 4.56. The summed E-state index contributed by atoms with van der Waals surface area (Å²) >= 11 is -0.391. The summed E-state index contributed by atoms with van der Waals surface area (Å²) < 4.78 is 4.02. The molecule has 1 aromatic carbocycles. The van der Waals surface area contributed by atoms with Gasteiger partial charge in [-0.1, -0.05) is 54.6 Å². The van der Waals surface area contributed by atoms with Gasteiger partial charge in [-0.2, -0.15) is 0 Å². The van der Waals surface area contributed by atoms with E-state index in [-0.39, 0.29) is 9.71 Å². The smallest absolute Gasteiger partial charge is 0.146 e. The largest absolute Gasteiger partial charge is 0.372 e. The van der Waals surface area contributed by atoms with Crippen LogP contribution in [0.2, 0.25) is 0 Å². The lowest BCUT2D eigenvalue weighted by Gasteiger charge is -2.32. The molecule has 0 radical (unpaired) electrons. The summed E-state index contributed by atoms with van der Waals surface area (Å²) in [4.78, 5) is 14.3. The van der Waals surface area contributed by atoms with Crippen LogP contribution in [0.3, 0.4) is 0 Å². The highest BCUT2D eigenvalue weighted by atomic mass is 127. The van der Waals surface area contributed by atoms with Gasteiger partial charge in [-0.05, 0) is 37.3 Å².